The zero-order valence-corrected chi connectivity index (χ0v) is 13.5. The average molecular weight is 366 g/mol. The summed E-state index contributed by atoms with van der Waals surface area (Å²) < 4.78 is 14.0. The van der Waals surface area contributed by atoms with Gasteiger partial charge in [-0.25, -0.2) is 4.39 Å². The molecule has 0 aliphatic rings. The van der Waals surface area contributed by atoms with Gasteiger partial charge in [0.2, 0.25) is 0 Å². The molecule has 0 saturated carbocycles. The summed E-state index contributed by atoms with van der Waals surface area (Å²) in [5, 5.41) is 1.55. The maximum atomic E-state index is 14.0. The van der Waals surface area contributed by atoms with E-state index in [1.807, 2.05) is 12.1 Å². The van der Waals surface area contributed by atoms with Crippen molar-refractivity contribution < 1.29 is 4.39 Å². The van der Waals surface area contributed by atoms with E-state index in [4.69, 9.17) is 0 Å². The summed E-state index contributed by atoms with van der Waals surface area (Å²) in [5.74, 6) is 0.486. The molecule has 1 aromatic rings. The zero-order valence-electron chi connectivity index (χ0n) is 10.3. The van der Waals surface area contributed by atoms with Crippen molar-refractivity contribution in [3.05, 3.63) is 35.6 Å². The minimum Gasteiger partial charge on any atom is -0.207 e. The smallest absolute Gasteiger partial charge is 0.127 e. The summed E-state index contributed by atoms with van der Waals surface area (Å²) in [6, 6.07) is 7.11. The number of hydrogen-bond donors (Lipinski definition) is 0. The van der Waals surface area contributed by atoms with Gasteiger partial charge in [-0.3, -0.25) is 0 Å². The van der Waals surface area contributed by atoms with E-state index in [1.165, 1.54) is 0 Å². The molecule has 0 N–H and O–H groups in total. The summed E-state index contributed by atoms with van der Waals surface area (Å²) >= 11 is 7.13. The third-order valence-corrected chi connectivity index (χ3v) is 5.54. The van der Waals surface area contributed by atoms with Crippen molar-refractivity contribution in [2.75, 3.05) is 10.7 Å². The second-order valence-corrected chi connectivity index (χ2v) is 5.87. The Bertz CT molecular complexity index is 348. The molecule has 1 atom stereocenters. The van der Waals surface area contributed by atoms with Crippen LogP contribution in [0.1, 0.15) is 32.3 Å². The molecule has 0 fully saturated rings. The quantitative estimate of drug-likeness (QED) is 0.601. The van der Waals surface area contributed by atoms with Crippen LogP contribution in [0.2, 0.25) is 0 Å². The van der Waals surface area contributed by atoms with Crippen LogP contribution in [0.3, 0.4) is 0 Å². The fourth-order valence-electron chi connectivity index (χ4n) is 2.10. The third-order valence-electron chi connectivity index (χ3n) is 3.39. The Kier molecular flexibility index (Phi) is 6.14. The number of rotatable bonds is 6. The zero-order chi connectivity index (χ0) is 12.9. The van der Waals surface area contributed by atoms with E-state index in [2.05, 4.69) is 45.7 Å². The molecule has 0 bridgehead atoms. The van der Waals surface area contributed by atoms with E-state index < -0.39 is 0 Å². The van der Waals surface area contributed by atoms with Crippen LogP contribution in [0.4, 0.5) is 4.39 Å². The highest BCUT2D eigenvalue weighted by Gasteiger charge is 2.33. The number of alkyl halides is 2. The highest BCUT2D eigenvalue weighted by Crippen LogP contribution is 2.37. The van der Waals surface area contributed by atoms with Gasteiger partial charge < -0.3 is 0 Å². The molecule has 0 heterocycles. The SMILES string of the molecule is CCC(C)CC(CBr)(CBr)c1ccccc1F. The topological polar surface area (TPSA) is 0 Å². The predicted molar refractivity (Wildman–Crippen MR) is 79.7 cm³/mol. The standard InChI is InChI=1S/C14H19Br2F/c1-3-11(2)8-14(9-15,10-16)12-6-4-5-7-13(12)17/h4-7,11H,3,8-10H2,1-2H3. The Hall–Kier alpha value is 0.110. The highest BCUT2D eigenvalue weighted by atomic mass is 79.9. The van der Waals surface area contributed by atoms with Gasteiger partial charge in [-0.05, 0) is 24.0 Å². The number of halogens is 3. The van der Waals surface area contributed by atoms with Crippen LogP contribution in [0, 0.1) is 11.7 Å². The molecule has 17 heavy (non-hydrogen) atoms. The Morgan fingerprint density at radius 1 is 1.24 bits per heavy atom. The first-order chi connectivity index (χ1) is 8.09. The first-order valence-electron chi connectivity index (χ1n) is 5.96. The number of benzene rings is 1. The maximum Gasteiger partial charge on any atom is 0.127 e. The summed E-state index contributed by atoms with van der Waals surface area (Å²) in [6.45, 7) is 4.40. The molecular weight excluding hydrogens is 347 g/mol. The van der Waals surface area contributed by atoms with Gasteiger partial charge >= 0.3 is 0 Å². The Morgan fingerprint density at radius 3 is 2.29 bits per heavy atom. The molecule has 0 aliphatic heterocycles. The minimum absolute atomic E-state index is 0.102. The summed E-state index contributed by atoms with van der Waals surface area (Å²) in [4.78, 5) is 0. The Labute approximate surface area is 120 Å². The fourth-order valence-corrected chi connectivity index (χ4v) is 4.09. The highest BCUT2D eigenvalue weighted by molar-refractivity contribution is 9.09. The van der Waals surface area contributed by atoms with Gasteiger partial charge in [0.25, 0.3) is 0 Å². The van der Waals surface area contributed by atoms with Crippen molar-refractivity contribution in [1.82, 2.24) is 0 Å². The Balaban J connectivity index is 3.11. The van der Waals surface area contributed by atoms with Crippen LogP contribution in [0.25, 0.3) is 0 Å². The number of hydrogen-bond acceptors (Lipinski definition) is 0. The molecular formula is C14H19Br2F. The molecule has 1 unspecified atom stereocenters. The third kappa shape index (κ3) is 3.54. The van der Waals surface area contributed by atoms with Crippen molar-refractivity contribution >= 4 is 31.9 Å². The van der Waals surface area contributed by atoms with Gasteiger partial charge in [-0.1, -0.05) is 70.3 Å². The second-order valence-electron chi connectivity index (χ2n) is 4.74. The average Bonchev–Trinajstić information content (AvgIpc) is 2.36. The summed E-state index contributed by atoms with van der Waals surface area (Å²) in [6.07, 6.45) is 2.11. The van der Waals surface area contributed by atoms with Gasteiger partial charge in [-0.15, -0.1) is 0 Å². The molecule has 1 rings (SSSR count). The van der Waals surface area contributed by atoms with E-state index in [1.54, 1.807) is 12.1 Å². The normalized spacial score (nSPS) is 13.7. The second kappa shape index (κ2) is 6.89. The lowest BCUT2D eigenvalue weighted by Crippen LogP contribution is -2.33. The first kappa shape index (κ1) is 15.2. The molecule has 1 aromatic carbocycles. The van der Waals surface area contributed by atoms with Gasteiger partial charge in [0.1, 0.15) is 5.82 Å². The predicted octanol–water partition coefficient (Wildman–Crippen LogP) is 5.29. The molecule has 0 aromatic heterocycles. The Morgan fingerprint density at radius 2 is 1.82 bits per heavy atom. The minimum atomic E-state index is -0.152. The van der Waals surface area contributed by atoms with Crippen LogP contribution < -0.4 is 0 Å². The van der Waals surface area contributed by atoms with Crippen molar-refractivity contribution in [3.8, 4) is 0 Å². The molecule has 0 spiro atoms. The molecule has 0 amide bonds. The van der Waals surface area contributed by atoms with E-state index in [0.717, 1.165) is 29.1 Å². The molecule has 0 nitrogen and oxygen atoms in total. The van der Waals surface area contributed by atoms with Gasteiger partial charge in [0.05, 0.1) is 0 Å². The first-order valence-corrected chi connectivity index (χ1v) is 8.21. The monoisotopic (exact) mass is 364 g/mol. The van der Waals surface area contributed by atoms with E-state index in [-0.39, 0.29) is 11.2 Å². The summed E-state index contributed by atoms with van der Waals surface area (Å²) in [5.41, 5.74) is 0.662. The maximum absolute atomic E-state index is 14.0. The lowest BCUT2D eigenvalue weighted by molar-refractivity contribution is 0.375. The molecule has 0 aliphatic carbocycles. The molecule has 0 saturated heterocycles. The summed E-state index contributed by atoms with van der Waals surface area (Å²) in [7, 11) is 0. The molecule has 0 radical (unpaired) electrons. The van der Waals surface area contributed by atoms with Gasteiger partial charge in [-0.2, -0.15) is 0 Å². The lowest BCUT2D eigenvalue weighted by Gasteiger charge is -2.33. The van der Waals surface area contributed by atoms with Crippen molar-refractivity contribution in [2.24, 2.45) is 5.92 Å². The fraction of sp³-hybridized carbons (Fsp3) is 0.571. The van der Waals surface area contributed by atoms with Crippen LogP contribution in [-0.4, -0.2) is 10.7 Å². The van der Waals surface area contributed by atoms with E-state index in [0.29, 0.717) is 5.92 Å². The van der Waals surface area contributed by atoms with E-state index in [9.17, 15) is 4.39 Å². The van der Waals surface area contributed by atoms with Crippen molar-refractivity contribution in [1.29, 1.82) is 0 Å². The van der Waals surface area contributed by atoms with Gasteiger partial charge in [0, 0.05) is 16.1 Å². The molecule has 3 heteroatoms. The largest absolute Gasteiger partial charge is 0.207 e. The van der Waals surface area contributed by atoms with Crippen LogP contribution in [-0.2, 0) is 5.41 Å². The van der Waals surface area contributed by atoms with Crippen LogP contribution >= 0.6 is 31.9 Å². The van der Waals surface area contributed by atoms with Crippen molar-refractivity contribution in [2.45, 2.75) is 32.1 Å². The van der Waals surface area contributed by atoms with Crippen molar-refractivity contribution in [3.63, 3.8) is 0 Å². The molecule has 96 valence electrons. The van der Waals surface area contributed by atoms with Gasteiger partial charge in [0.15, 0.2) is 0 Å². The lowest BCUT2D eigenvalue weighted by atomic mass is 9.76. The van der Waals surface area contributed by atoms with Crippen LogP contribution in [0.15, 0.2) is 24.3 Å². The van der Waals surface area contributed by atoms with Crippen LogP contribution in [0.5, 0.6) is 0 Å². The van der Waals surface area contributed by atoms with E-state index >= 15 is 0 Å².